The Hall–Kier alpha value is -2.72. The fourth-order valence-corrected chi connectivity index (χ4v) is 5.48. The van der Waals surface area contributed by atoms with Gasteiger partial charge in [0.2, 0.25) is 11.9 Å². The van der Waals surface area contributed by atoms with Crippen LogP contribution in [0.1, 0.15) is 25.5 Å². The molecule has 2 aromatic heterocycles. The number of rotatable bonds is 4. The average molecular weight is 429 g/mol. The van der Waals surface area contributed by atoms with E-state index in [1.807, 2.05) is 30.3 Å². The summed E-state index contributed by atoms with van der Waals surface area (Å²) < 4.78 is 31.5. The highest BCUT2D eigenvalue weighted by Crippen LogP contribution is 2.52. The Kier molecular flexibility index (Phi) is 4.26. The molecule has 30 heavy (non-hydrogen) atoms. The van der Waals surface area contributed by atoms with Crippen molar-refractivity contribution in [3.63, 3.8) is 0 Å². The van der Waals surface area contributed by atoms with Crippen LogP contribution < -0.4 is 10.6 Å². The lowest BCUT2D eigenvalue weighted by Gasteiger charge is -2.34. The van der Waals surface area contributed by atoms with Crippen molar-refractivity contribution in [3.05, 3.63) is 36.0 Å². The van der Waals surface area contributed by atoms with Gasteiger partial charge >= 0.3 is 0 Å². The minimum absolute atomic E-state index is 0.111. The molecule has 0 unspecified atom stereocenters. The Bertz CT molecular complexity index is 1230. The standard InChI is InChI=1S/C20H24N6O3S/c1-13-12-29-10-9-25(13)17-11-16(20(7-8-20)30(2,27)28)23-19(24-17)26-15-6-4-3-5-14(15)22-18(26)21/h3-6,11,13H,7-10,12H2,1-2H3,(H2,21,22)/t13-/m1/s1. The van der Waals surface area contributed by atoms with Gasteiger partial charge in [0.15, 0.2) is 9.84 Å². The summed E-state index contributed by atoms with van der Waals surface area (Å²) in [5, 5.41) is 0. The third-order valence-corrected chi connectivity index (χ3v) is 8.07. The number of ether oxygens (including phenoxy) is 1. The van der Waals surface area contributed by atoms with Crippen LogP contribution in [0.25, 0.3) is 17.0 Å². The van der Waals surface area contributed by atoms with Crippen LogP contribution in [0.3, 0.4) is 0 Å². The summed E-state index contributed by atoms with van der Waals surface area (Å²) in [6.45, 7) is 3.91. The first kappa shape index (κ1) is 19.3. The van der Waals surface area contributed by atoms with E-state index in [1.165, 1.54) is 6.26 Å². The van der Waals surface area contributed by atoms with Gasteiger partial charge in [-0.2, -0.15) is 4.98 Å². The number of fused-ring (bicyclic) bond motifs is 1. The van der Waals surface area contributed by atoms with E-state index in [0.29, 0.717) is 50.1 Å². The van der Waals surface area contributed by atoms with Crippen molar-refractivity contribution in [3.8, 4) is 5.95 Å². The molecule has 1 saturated carbocycles. The van der Waals surface area contributed by atoms with Crippen LogP contribution in [0.15, 0.2) is 30.3 Å². The molecule has 0 spiro atoms. The quantitative estimate of drug-likeness (QED) is 0.667. The molecule has 1 aliphatic carbocycles. The number of nitrogen functional groups attached to an aromatic ring is 1. The van der Waals surface area contributed by atoms with Gasteiger partial charge in [-0.15, -0.1) is 0 Å². The van der Waals surface area contributed by atoms with Crippen molar-refractivity contribution in [2.24, 2.45) is 0 Å². The van der Waals surface area contributed by atoms with Crippen molar-refractivity contribution >= 4 is 32.6 Å². The van der Waals surface area contributed by atoms with Gasteiger partial charge in [-0.3, -0.25) is 0 Å². The molecule has 1 saturated heterocycles. The number of nitrogens with zero attached hydrogens (tertiary/aromatic N) is 5. The number of sulfone groups is 1. The van der Waals surface area contributed by atoms with Gasteiger partial charge in [-0.25, -0.2) is 23.0 Å². The fraction of sp³-hybridized carbons (Fsp3) is 0.450. The SMILES string of the molecule is C[C@@H]1COCCN1c1cc(C2(S(C)(=O)=O)CC2)nc(-n2c(N)nc3ccccc32)n1. The number of anilines is 2. The first-order chi connectivity index (χ1) is 14.3. The van der Waals surface area contributed by atoms with Gasteiger partial charge < -0.3 is 15.4 Å². The molecule has 2 aliphatic rings. The first-order valence-corrected chi connectivity index (χ1v) is 11.9. The van der Waals surface area contributed by atoms with E-state index in [9.17, 15) is 8.42 Å². The van der Waals surface area contributed by atoms with Gasteiger partial charge in [0.1, 0.15) is 10.6 Å². The zero-order valence-electron chi connectivity index (χ0n) is 16.9. The molecule has 2 fully saturated rings. The molecule has 3 heterocycles. The van der Waals surface area contributed by atoms with Gasteiger partial charge in [-0.05, 0) is 31.9 Å². The van der Waals surface area contributed by atoms with Crippen LogP contribution in [0.4, 0.5) is 11.8 Å². The highest BCUT2D eigenvalue weighted by Gasteiger charge is 2.55. The maximum Gasteiger partial charge on any atom is 0.239 e. The number of imidazole rings is 1. The van der Waals surface area contributed by atoms with Crippen molar-refractivity contribution < 1.29 is 13.2 Å². The summed E-state index contributed by atoms with van der Waals surface area (Å²) in [7, 11) is -3.33. The van der Waals surface area contributed by atoms with Gasteiger partial charge in [-0.1, -0.05) is 12.1 Å². The second-order valence-electron chi connectivity index (χ2n) is 8.09. The van der Waals surface area contributed by atoms with E-state index in [-0.39, 0.29) is 12.0 Å². The molecule has 2 N–H and O–H groups in total. The second kappa shape index (κ2) is 6.64. The van der Waals surface area contributed by atoms with Gasteiger partial charge in [0, 0.05) is 18.9 Å². The van der Waals surface area contributed by atoms with E-state index in [0.717, 1.165) is 11.0 Å². The van der Waals surface area contributed by atoms with Crippen molar-refractivity contribution in [2.45, 2.75) is 30.6 Å². The smallest absolute Gasteiger partial charge is 0.239 e. The molecule has 0 bridgehead atoms. The zero-order valence-corrected chi connectivity index (χ0v) is 17.8. The molecular formula is C20H24N6O3S. The van der Waals surface area contributed by atoms with E-state index in [4.69, 9.17) is 20.4 Å². The molecule has 9 nitrogen and oxygen atoms in total. The summed E-state index contributed by atoms with van der Waals surface area (Å²) in [6, 6.07) is 9.48. The normalized spacial score (nSPS) is 21.1. The molecule has 1 atom stereocenters. The number of benzene rings is 1. The third-order valence-electron chi connectivity index (χ3n) is 6.03. The summed E-state index contributed by atoms with van der Waals surface area (Å²) in [5.41, 5.74) is 8.24. The summed E-state index contributed by atoms with van der Waals surface area (Å²) in [4.78, 5) is 16.0. The lowest BCUT2D eigenvalue weighted by Crippen LogP contribution is -2.44. The lowest BCUT2D eigenvalue weighted by molar-refractivity contribution is 0.0985. The lowest BCUT2D eigenvalue weighted by atomic mass is 10.2. The minimum Gasteiger partial charge on any atom is -0.377 e. The van der Waals surface area contributed by atoms with Crippen molar-refractivity contribution in [1.29, 1.82) is 0 Å². The number of hydrogen-bond donors (Lipinski definition) is 1. The predicted molar refractivity (Wildman–Crippen MR) is 114 cm³/mol. The monoisotopic (exact) mass is 428 g/mol. The number of aromatic nitrogens is 4. The largest absolute Gasteiger partial charge is 0.377 e. The Morgan fingerprint density at radius 1 is 1.20 bits per heavy atom. The highest BCUT2D eigenvalue weighted by atomic mass is 32.2. The third kappa shape index (κ3) is 2.93. The fourth-order valence-electron chi connectivity index (χ4n) is 4.16. The van der Waals surface area contributed by atoms with Crippen molar-refractivity contribution in [2.75, 3.05) is 36.6 Å². The minimum atomic E-state index is -3.33. The number of para-hydroxylation sites is 2. The van der Waals surface area contributed by atoms with Crippen LogP contribution >= 0.6 is 0 Å². The Morgan fingerprint density at radius 2 is 1.97 bits per heavy atom. The molecule has 0 radical (unpaired) electrons. The second-order valence-corrected chi connectivity index (χ2v) is 10.4. The summed E-state index contributed by atoms with van der Waals surface area (Å²) >= 11 is 0. The van der Waals surface area contributed by atoms with Gasteiger partial charge in [0.25, 0.3) is 0 Å². The summed E-state index contributed by atoms with van der Waals surface area (Å²) in [5.74, 6) is 1.28. The van der Waals surface area contributed by atoms with Crippen LogP contribution in [-0.2, 0) is 19.3 Å². The van der Waals surface area contributed by atoms with E-state index < -0.39 is 14.6 Å². The average Bonchev–Trinajstić information content (AvgIpc) is 3.46. The van der Waals surface area contributed by atoms with Crippen LogP contribution in [0.2, 0.25) is 0 Å². The predicted octanol–water partition coefficient (Wildman–Crippen LogP) is 1.66. The number of nitrogens with two attached hydrogens (primary N) is 1. The van der Waals surface area contributed by atoms with Crippen LogP contribution in [0, 0.1) is 0 Å². The Morgan fingerprint density at radius 3 is 2.67 bits per heavy atom. The number of morpholine rings is 1. The van der Waals surface area contributed by atoms with Gasteiger partial charge in [0.05, 0.1) is 36.0 Å². The van der Waals surface area contributed by atoms with E-state index in [1.54, 1.807) is 4.57 Å². The first-order valence-electron chi connectivity index (χ1n) is 9.97. The molecule has 0 amide bonds. The van der Waals surface area contributed by atoms with Crippen molar-refractivity contribution in [1.82, 2.24) is 19.5 Å². The van der Waals surface area contributed by atoms with Crippen LogP contribution in [0.5, 0.6) is 0 Å². The molecular weight excluding hydrogens is 404 g/mol. The molecule has 5 rings (SSSR count). The molecule has 1 aromatic carbocycles. The molecule has 3 aromatic rings. The topological polar surface area (TPSA) is 116 Å². The van der Waals surface area contributed by atoms with E-state index in [2.05, 4.69) is 16.8 Å². The van der Waals surface area contributed by atoms with E-state index >= 15 is 0 Å². The number of hydrogen-bond acceptors (Lipinski definition) is 8. The maximum absolute atomic E-state index is 12.6. The maximum atomic E-state index is 12.6. The van der Waals surface area contributed by atoms with Crippen LogP contribution in [-0.4, -0.2) is 60.0 Å². The zero-order chi connectivity index (χ0) is 21.1. The molecule has 158 valence electrons. The Labute approximate surface area is 174 Å². The highest BCUT2D eigenvalue weighted by molar-refractivity contribution is 7.91. The molecule has 10 heteroatoms. The Balaban J connectivity index is 1.74. The molecule has 1 aliphatic heterocycles. The summed E-state index contributed by atoms with van der Waals surface area (Å²) in [6.07, 6.45) is 2.39.